The molecule has 0 fully saturated rings. The van der Waals surface area contributed by atoms with E-state index in [-0.39, 0.29) is 0 Å². The van der Waals surface area contributed by atoms with Gasteiger partial charge in [-0.25, -0.2) is 4.98 Å². The van der Waals surface area contributed by atoms with Gasteiger partial charge in [0.25, 0.3) is 5.71 Å². The third-order valence-electron chi connectivity index (χ3n) is 1.53. The molecule has 4 nitrogen and oxygen atoms in total. The predicted molar refractivity (Wildman–Crippen MR) is 39.1 cm³/mol. The summed E-state index contributed by atoms with van der Waals surface area (Å²) in [5.41, 5.74) is 1.40. The monoisotopic (exact) mass is 149 g/mol. The van der Waals surface area contributed by atoms with Crippen molar-refractivity contribution in [2.75, 3.05) is 0 Å². The van der Waals surface area contributed by atoms with E-state index >= 15 is 0 Å². The molecule has 0 spiro atoms. The van der Waals surface area contributed by atoms with Crippen molar-refractivity contribution in [2.24, 2.45) is 0 Å². The summed E-state index contributed by atoms with van der Waals surface area (Å²) in [4.78, 5) is 8.09. The topological polar surface area (TPSA) is 51.8 Å². The second-order valence-electron chi connectivity index (χ2n) is 2.40. The van der Waals surface area contributed by atoms with E-state index in [0.717, 1.165) is 11.1 Å². The highest BCUT2D eigenvalue weighted by Crippen LogP contribution is 2.13. The van der Waals surface area contributed by atoms with Crippen molar-refractivity contribution in [3.63, 3.8) is 0 Å². The quantitative estimate of drug-likeness (QED) is 0.565. The maximum absolute atomic E-state index is 4.93. The number of fused-ring (bicyclic) bond motifs is 1. The molecule has 2 rings (SSSR count). The molecule has 0 bridgehead atoms. The summed E-state index contributed by atoms with van der Waals surface area (Å²) < 4.78 is 4.93. The van der Waals surface area contributed by atoms with Crippen molar-refractivity contribution in [3.8, 4) is 0 Å². The van der Waals surface area contributed by atoms with Gasteiger partial charge in [0.2, 0.25) is 0 Å². The molecular formula is C7H7N3O. The number of rotatable bonds is 0. The van der Waals surface area contributed by atoms with Crippen LogP contribution in [-0.2, 0) is 0 Å². The molecular weight excluding hydrogens is 142 g/mol. The van der Waals surface area contributed by atoms with Gasteiger partial charge < -0.3 is 4.52 Å². The van der Waals surface area contributed by atoms with Crippen LogP contribution in [0.25, 0.3) is 11.1 Å². The summed E-state index contributed by atoms with van der Waals surface area (Å²) in [6.07, 6.45) is 1.73. The first-order chi connectivity index (χ1) is 5.27. The Kier molecular flexibility index (Phi) is 1.15. The van der Waals surface area contributed by atoms with Gasteiger partial charge in [0.05, 0.1) is 11.1 Å². The van der Waals surface area contributed by atoms with Crippen molar-refractivity contribution < 1.29 is 4.52 Å². The van der Waals surface area contributed by atoms with E-state index in [0.29, 0.717) is 11.5 Å². The Bertz CT molecular complexity index is 393. The highest BCUT2D eigenvalue weighted by Gasteiger charge is 2.04. The van der Waals surface area contributed by atoms with Crippen molar-refractivity contribution in [1.29, 1.82) is 0 Å². The average Bonchev–Trinajstić information content (AvgIpc) is 2.32. The van der Waals surface area contributed by atoms with Crippen molar-refractivity contribution in [3.05, 3.63) is 17.7 Å². The Labute approximate surface area is 63.2 Å². The molecule has 2 aromatic heterocycles. The zero-order valence-corrected chi connectivity index (χ0v) is 6.33. The first-order valence-corrected chi connectivity index (χ1v) is 3.33. The van der Waals surface area contributed by atoms with Gasteiger partial charge in [0.1, 0.15) is 5.82 Å². The van der Waals surface area contributed by atoms with Gasteiger partial charge in [0.15, 0.2) is 0 Å². The molecule has 0 N–H and O–H groups in total. The minimum absolute atomic E-state index is 0.565. The zero-order valence-electron chi connectivity index (χ0n) is 6.33. The summed E-state index contributed by atoms with van der Waals surface area (Å²) in [5, 5.41) is 4.64. The van der Waals surface area contributed by atoms with Crippen LogP contribution in [0, 0.1) is 13.8 Å². The van der Waals surface area contributed by atoms with Crippen LogP contribution in [0.5, 0.6) is 0 Å². The molecule has 0 aliphatic heterocycles. The van der Waals surface area contributed by atoms with Crippen molar-refractivity contribution >= 4 is 11.1 Å². The molecule has 56 valence electrons. The lowest BCUT2D eigenvalue weighted by molar-refractivity contribution is 0.442. The summed E-state index contributed by atoms with van der Waals surface area (Å²) in [6.45, 7) is 3.68. The fourth-order valence-electron chi connectivity index (χ4n) is 0.928. The number of hydrogen-bond donors (Lipinski definition) is 0. The van der Waals surface area contributed by atoms with Crippen LogP contribution in [0.3, 0.4) is 0 Å². The van der Waals surface area contributed by atoms with Gasteiger partial charge in [-0.3, -0.25) is 0 Å². The van der Waals surface area contributed by atoms with E-state index in [1.165, 1.54) is 0 Å². The molecule has 0 unspecified atom stereocenters. The van der Waals surface area contributed by atoms with E-state index in [1.54, 1.807) is 6.20 Å². The molecule has 11 heavy (non-hydrogen) atoms. The van der Waals surface area contributed by atoms with Gasteiger partial charge in [-0.2, -0.15) is 4.98 Å². The van der Waals surface area contributed by atoms with Crippen LogP contribution in [0.4, 0.5) is 0 Å². The van der Waals surface area contributed by atoms with Crippen molar-refractivity contribution in [2.45, 2.75) is 13.8 Å². The largest absolute Gasteiger partial charge is 0.335 e. The van der Waals surface area contributed by atoms with E-state index in [2.05, 4.69) is 15.1 Å². The zero-order chi connectivity index (χ0) is 7.84. The Morgan fingerprint density at radius 3 is 3.00 bits per heavy atom. The first kappa shape index (κ1) is 6.27. The smallest absolute Gasteiger partial charge is 0.261 e. The average molecular weight is 149 g/mol. The molecule has 0 atom stereocenters. The highest BCUT2D eigenvalue weighted by molar-refractivity contribution is 5.74. The third kappa shape index (κ3) is 0.869. The summed E-state index contributed by atoms with van der Waals surface area (Å²) >= 11 is 0. The summed E-state index contributed by atoms with van der Waals surface area (Å²) in [7, 11) is 0. The molecule has 0 amide bonds. The molecule has 0 saturated heterocycles. The van der Waals surface area contributed by atoms with Crippen molar-refractivity contribution in [1.82, 2.24) is 15.1 Å². The Morgan fingerprint density at radius 2 is 2.18 bits per heavy atom. The van der Waals surface area contributed by atoms with Crippen LogP contribution in [0.1, 0.15) is 11.5 Å². The van der Waals surface area contributed by atoms with E-state index < -0.39 is 0 Å². The SMILES string of the molecule is Cc1ncc2c(C)noc2n1. The standard InChI is InChI=1S/C7H7N3O/c1-4-6-3-8-5(2)9-7(6)11-10-4/h3H,1-2H3. The number of aromatic nitrogens is 3. The van der Waals surface area contributed by atoms with Gasteiger partial charge in [-0.05, 0) is 13.8 Å². The second kappa shape index (κ2) is 2.02. The molecule has 0 aliphatic carbocycles. The van der Waals surface area contributed by atoms with Gasteiger partial charge in [-0.15, -0.1) is 0 Å². The fourth-order valence-corrected chi connectivity index (χ4v) is 0.928. The van der Waals surface area contributed by atoms with Crippen LogP contribution in [-0.4, -0.2) is 15.1 Å². The third-order valence-corrected chi connectivity index (χ3v) is 1.53. The van der Waals surface area contributed by atoms with E-state index in [9.17, 15) is 0 Å². The summed E-state index contributed by atoms with van der Waals surface area (Å²) in [5.74, 6) is 0.702. The first-order valence-electron chi connectivity index (χ1n) is 3.33. The minimum Gasteiger partial charge on any atom is -0.335 e. The lowest BCUT2D eigenvalue weighted by atomic mass is 10.3. The maximum atomic E-state index is 4.93. The molecule has 2 heterocycles. The molecule has 0 saturated carbocycles. The number of nitrogens with zero attached hydrogens (tertiary/aromatic N) is 3. The van der Waals surface area contributed by atoms with Crippen LogP contribution < -0.4 is 0 Å². The Balaban J connectivity index is 2.86. The molecule has 4 heteroatoms. The minimum atomic E-state index is 0.565. The number of hydrogen-bond acceptors (Lipinski definition) is 4. The van der Waals surface area contributed by atoms with Gasteiger partial charge in [0, 0.05) is 6.20 Å². The van der Waals surface area contributed by atoms with E-state index in [4.69, 9.17) is 4.52 Å². The van der Waals surface area contributed by atoms with Crippen LogP contribution in [0.2, 0.25) is 0 Å². The molecule has 0 aromatic carbocycles. The Morgan fingerprint density at radius 1 is 1.36 bits per heavy atom. The highest BCUT2D eigenvalue weighted by atomic mass is 16.5. The van der Waals surface area contributed by atoms with Gasteiger partial charge >= 0.3 is 0 Å². The molecule has 2 aromatic rings. The number of aryl methyl sites for hydroxylation is 2. The fraction of sp³-hybridized carbons (Fsp3) is 0.286. The normalized spacial score (nSPS) is 10.7. The second-order valence-corrected chi connectivity index (χ2v) is 2.40. The van der Waals surface area contributed by atoms with Crippen LogP contribution in [0.15, 0.2) is 10.7 Å². The predicted octanol–water partition coefficient (Wildman–Crippen LogP) is 1.23. The summed E-state index contributed by atoms with van der Waals surface area (Å²) in [6, 6.07) is 0. The maximum Gasteiger partial charge on any atom is 0.261 e. The van der Waals surface area contributed by atoms with Gasteiger partial charge in [-0.1, -0.05) is 5.16 Å². The molecule has 0 aliphatic rings. The Hall–Kier alpha value is -1.45. The van der Waals surface area contributed by atoms with E-state index in [1.807, 2.05) is 13.8 Å². The molecule has 0 radical (unpaired) electrons. The lowest BCUT2D eigenvalue weighted by Crippen LogP contribution is -1.84. The lowest BCUT2D eigenvalue weighted by Gasteiger charge is -1.87. The van der Waals surface area contributed by atoms with Crippen LogP contribution >= 0.6 is 0 Å².